The highest BCUT2D eigenvalue weighted by Gasteiger charge is 2.54. The van der Waals surface area contributed by atoms with Crippen LogP contribution in [0.4, 0.5) is 4.79 Å². The number of aromatic nitrogens is 5. The minimum atomic E-state index is -1.39. The maximum Gasteiger partial charge on any atom is 0.352 e. The Kier molecular flexibility index (Phi) is 8.56. The van der Waals surface area contributed by atoms with Crippen LogP contribution in [0.15, 0.2) is 79.3 Å². The number of hydrogen-bond donors (Lipinski definition) is 5. The van der Waals surface area contributed by atoms with Crippen molar-refractivity contribution in [3.63, 3.8) is 0 Å². The van der Waals surface area contributed by atoms with Crippen LogP contribution in [0.5, 0.6) is 0 Å². The van der Waals surface area contributed by atoms with Crippen molar-refractivity contribution in [1.29, 1.82) is 0 Å². The number of carbonyl (C=O) groups is 4. The molecule has 2 unspecified atom stereocenters. The first-order valence-electron chi connectivity index (χ1n) is 13.7. The number of fused-ring (bicyclic) bond motifs is 2. The zero-order chi connectivity index (χ0) is 33.6. The fraction of sp³-hybridized carbons (Fsp3) is 0.214. The summed E-state index contributed by atoms with van der Waals surface area (Å²) < 4.78 is 1.88. The molecule has 0 aliphatic carbocycles. The first-order chi connectivity index (χ1) is 22.5. The van der Waals surface area contributed by atoms with Crippen molar-refractivity contribution >= 4 is 70.0 Å². The number of rotatable bonds is 8. The van der Waals surface area contributed by atoms with Gasteiger partial charge in [0.1, 0.15) is 23.2 Å². The number of hydrogen-bond acceptors (Lipinski definition) is 10. The van der Waals surface area contributed by atoms with Gasteiger partial charge in [0.05, 0.1) is 11.0 Å². The molecule has 0 saturated carbocycles. The molecule has 3 amide bonds. The summed E-state index contributed by atoms with van der Waals surface area (Å²) in [5.74, 6) is -2.62. The summed E-state index contributed by atoms with van der Waals surface area (Å²) >= 11 is 8.40. The highest BCUT2D eigenvalue weighted by atomic mass is 35.5. The van der Waals surface area contributed by atoms with Gasteiger partial charge in [-0.25, -0.2) is 24.0 Å². The maximum atomic E-state index is 13.7. The number of amides is 3. The molecule has 242 valence electrons. The van der Waals surface area contributed by atoms with E-state index < -0.39 is 58.1 Å². The van der Waals surface area contributed by atoms with Gasteiger partial charge < -0.3 is 20.7 Å². The largest absolute Gasteiger partial charge is 0.477 e. The molecule has 2 aromatic carbocycles. The van der Waals surface area contributed by atoms with Crippen molar-refractivity contribution in [2.45, 2.75) is 22.6 Å². The summed E-state index contributed by atoms with van der Waals surface area (Å²) in [5.41, 5.74) is -1.38. The van der Waals surface area contributed by atoms with Crippen LogP contribution < -0.4 is 27.4 Å². The Labute approximate surface area is 276 Å². The van der Waals surface area contributed by atoms with Crippen LogP contribution in [-0.2, 0) is 21.4 Å². The minimum Gasteiger partial charge on any atom is -0.477 e. The van der Waals surface area contributed by atoms with Crippen LogP contribution in [0.25, 0.3) is 11.0 Å². The molecule has 4 heterocycles. The Morgan fingerprint density at radius 2 is 1.91 bits per heavy atom. The summed E-state index contributed by atoms with van der Waals surface area (Å²) in [4.78, 5) is 92.5. The van der Waals surface area contributed by atoms with E-state index in [2.05, 4.69) is 25.8 Å². The molecule has 2 aliphatic rings. The summed E-state index contributed by atoms with van der Waals surface area (Å²) in [6.45, 7) is 0. The van der Waals surface area contributed by atoms with Crippen molar-refractivity contribution in [3.8, 4) is 0 Å². The van der Waals surface area contributed by atoms with Crippen LogP contribution in [0, 0.1) is 0 Å². The topological polar surface area (TPSA) is 221 Å². The minimum absolute atomic E-state index is 0.0462. The molecule has 2 aromatic heterocycles. The molecule has 5 N–H and O–H groups in total. The van der Waals surface area contributed by atoms with Crippen molar-refractivity contribution in [3.05, 3.63) is 102 Å². The van der Waals surface area contributed by atoms with Crippen molar-refractivity contribution in [2.24, 2.45) is 7.05 Å². The fourth-order valence-corrected chi connectivity index (χ4v) is 7.81. The molecule has 2 aliphatic heterocycles. The molecule has 0 bridgehead atoms. The van der Waals surface area contributed by atoms with Gasteiger partial charge in [-0.05, 0) is 35.4 Å². The second-order valence-electron chi connectivity index (χ2n) is 10.4. The van der Waals surface area contributed by atoms with Crippen LogP contribution in [0.1, 0.15) is 11.6 Å². The van der Waals surface area contributed by atoms with E-state index in [9.17, 15) is 38.7 Å². The third kappa shape index (κ3) is 5.85. The average molecular weight is 699 g/mol. The number of nitrogens with one attached hydrogen (secondary N) is 4. The first-order valence-corrected chi connectivity index (χ1v) is 16.1. The molecule has 0 spiro atoms. The van der Waals surface area contributed by atoms with Crippen molar-refractivity contribution in [2.75, 3.05) is 11.5 Å². The monoisotopic (exact) mass is 698 g/mol. The second kappa shape index (κ2) is 12.6. The molecule has 1 saturated heterocycles. The number of nitrogens with zero attached hydrogens (tertiary/aromatic N) is 4. The Balaban J connectivity index is 1.22. The molecule has 3 atom stereocenters. The fourth-order valence-electron chi connectivity index (χ4n) is 5.20. The van der Waals surface area contributed by atoms with Crippen molar-refractivity contribution in [1.82, 2.24) is 39.8 Å². The van der Waals surface area contributed by atoms with Gasteiger partial charge in [0.25, 0.3) is 5.91 Å². The number of aromatic amines is 2. The maximum absolute atomic E-state index is 13.7. The summed E-state index contributed by atoms with van der Waals surface area (Å²) in [7, 11) is 1.36. The normalized spacial score (nSPS) is 18.0. The number of benzene rings is 2. The molecule has 0 radical (unpaired) electrons. The highest BCUT2D eigenvalue weighted by Crippen LogP contribution is 2.41. The van der Waals surface area contributed by atoms with Gasteiger partial charge in [0.2, 0.25) is 5.91 Å². The Morgan fingerprint density at radius 3 is 2.66 bits per heavy atom. The predicted molar refractivity (Wildman–Crippen MR) is 171 cm³/mol. The predicted octanol–water partition coefficient (Wildman–Crippen LogP) is 0.595. The zero-order valence-corrected chi connectivity index (χ0v) is 26.4. The SMILES string of the molecule is Cn1c(SCC2=C(C(=O)O)N3C(=O)C(NC(=O)C(NC(=O)n4c(=O)[nH]c5ccccc54)c4cccc(Cl)c4)[C@H]3SC2)n[nH]c(=O)c1=O. The number of aliphatic carboxylic acids is 1. The number of carboxylic acid groups (broad SMARTS) is 1. The van der Waals surface area contributed by atoms with E-state index in [1.54, 1.807) is 42.5 Å². The Hall–Kier alpha value is -5.07. The average Bonchev–Trinajstić information content (AvgIpc) is 3.39. The third-order valence-corrected chi connectivity index (χ3v) is 10.2. The molecule has 19 heteroatoms. The van der Waals surface area contributed by atoms with Gasteiger partial charge in [-0.1, -0.05) is 47.6 Å². The second-order valence-corrected chi connectivity index (χ2v) is 12.8. The van der Waals surface area contributed by atoms with E-state index >= 15 is 0 Å². The Morgan fingerprint density at radius 1 is 1.15 bits per heavy atom. The van der Waals surface area contributed by atoms with Crippen LogP contribution >= 0.6 is 35.1 Å². The molecule has 47 heavy (non-hydrogen) atoms. The number of imidazole rings is 1. The van der Waals surface area contributed by atoms with Crippen LogP contribution in [0.3, 0.4) is 0 Å². The van der Waals surface area contributed by atoms with Gasteiger partial charge in [-0.2, -0.15) is 0 Å². The summed E-state index contributed by atoms with van der Waals surface area (Å²) in [5, 5.41) is 20.8. The van der Waals surface area contributed by atoms with Crippen molar-refractivity contribution < 1.29 is 24.3 Å². The molecule has 16 nitrogen and oxygen atoms in total. The number of para-hydroxylation sites is 2. The van der Waals surface area contributed by atoms with Crippen LogP contribution in [-0.4, -0.2) is 81.1 Å². The van der Waals surface area contributed by atoms with Gasteiger partial charge in [0, 0.05) is 23.6 Å². The quantitative estimate of drug-likeness (QED) is 0.0974. The summed E-state index contributed by atoms with van der Waals surface area (Å²) in [6, 6.07) is 9.20. The smallest absolute Gasteiger partial charge is 0.352 e. The Bertz CT molecular complexity index is 2190. The molecule has 6 rings (SSSR count). The number of β-lactam (4-membered cyclic amide) rings is 1. The van der Waals surface area contributed by atoms with E-state index in [1.807, 2.05) is 0 Å². The van der Waals surface area contributed by atoms with Crippen LogP contribution in [0.2, 0.25) is 5.02 Å². The summed E-state index contributed by atoms with van der Waals surface area (Å²) in [6.07, 6.45) is 0. The highest BCUT2D eigenvalue weighted by molar-refractivity contribution is 8.01. The number of carboxylic acids is 1. The number of H-pyrrole nitrogens is 2. The van der Waals surface area contributed by atoms with E-state index in [0.29, 0.717) is 11.1 Å². The van der Waals surface area contributed by atoms with Gasteiger partial charge in [0.15, 0.2) is 5.16 Å². The molecular formula is C28H23ClN8O8S2. The van der Waals surface area contributed by atoms with E-state index in [-0.39, 0.29) is 38.5 Å². The molecule has 4 aromatic rings. The van der Waals surface area contributed by atoms with E-state index in [1.165, 1.54) is 24.9 Å². The number of thioether (sulfide) groups is 2. The lowest BCUT2D eigenvalue weighted by Gasteiger charge is -2.49. The third-order valence-electron chi connectivity index (χ3n) is 7.47. The number of carbonyl (C=O) groups excluding carboxylic acids is 3. The van der Waals surface area contributed by atoms with Gasteiger partial charge in [-0.3, -0.25) is 28.6 Å². The van der Waals surface area contributed by atoms with E-state index in [0.717, 1.165) is 25.8 Å². The lowest BCUT2D eigenvalue weighted by atomic mass is 10.0. The first kappa shape index (κ1) is 31.9. The lowest BCUT2D eigenvalue weighted by Crippen LogP contribution is -2.71. The van der Waals surface area contributed by atoms with Gasteiger partial charge in [-0.15, -0.1) is 16.9 Å². The zero-order valence-electron chi connectivity index (χ0n) is 24.1. The molecular weight excluding hydrogens is 676 g/mol. The molecule has 1 fully saturated rings. The standard InChI is InChI=1S/C28H23ClN8O8S2/c1-35-23(41)21(39)33-34-28(35)47-11-13-10-46-24-18(22(40)37(24)19(13)25(42)43)31-20(38)17(12-5-4-6-14(29)9-12)32-27(45)36-16-8-3-2-7-15(16)30-26(36)44/h2-9,17-18,24H,10-11H2,1H3,(H,30,44)(H,31,38)(H,32,45)(H,33,39)(H,42,43)/t17?,18?,24-/m1/s1. The number of halogens is 1. The van der Waals surface area contributed by atoms with E-state index in [4.69, 9.17) is 11.6 Å². The lowest BCUT2D eigenvalue weighted by molar-refractivity contribution is -0.151. The van der Waals surface area contributed by atoms with Gasteiger partial charge >= 0.3 is 28.8 Å².